The molecule has 2 rings (SSSR count). The number of nitrogens with zero attached hydrogens (tertiary/aromatic N) is 1. The van der Waals surface area contributed by atoms with E-state index in [1.54, 1.807) is 6.07 Å². The van der Waals surface area contributed by atoms with Gasteiger partial charge in [-0.2, -0.15) is 0 Å². The highest BCUT2D eigenvalue weighted by Crippen LogP contribution is 2.28. The van der Waals surface area contributed by atoms with Crippen LogP contribution in [0.25, 0.3) is 0 Å². The van der Waals surface area contributed by atoms with E-state index in [0.717, 1.165) is 12.8 Å². The van der Waals surface area contributed by atoms with E-state index in [-0.39, 0.29) is 12.2 Å². The maximum absolute atomic E-state index is 12.3. The molecule has 19 heavy (non-hydrogen) atoms. The predicted octanol–water partition coefficient (Wildman–Crippen LogP) is 1.79. The Hall–Kier alpha value is -1.43. The molecule has 1 aliphatic rings. The minimum Gasteiger partial charge on any atom is -0.388 e. The van der Waals surface area contributed by atoms with E-state index in [1.807, 2.05) is 0 Å². The molecule has 0 bridgehead atoms. The fourth-order valence-corrected chi connectivity index (χ4v) is 2.47. The van der Waals surface area contributed by atoms with Crippen molar-refractivity contribution in [3.05, 3.63) is 24.0 Å². The molecule has 0 unspecified atom stereocenters. The van der Waals surface area contributed by atoms with Crippen LogP contribution in [0.5, 0.6) is 0 Å². The molecular formula is C13H18F2N2O2. The lowest BCUT2D eigenvalue weighted by molar-refractivity contribution is 0.0446. The highest BCUT2D eigenvalue weighted by molar-refractivity contribution is 5.92. The highest BCUT2D eigenvalue weighted by Gasteiger charge is 2.31. The van der Waals surface area contributed by atoms with Crippen molar-refractivity contribution in [2.75, 3.05) is 6.54 Å². The number of amides is 1. The van der Waals surface area contributed by atoms with Crippen LogP contribution in [0.3, 0.4) is 0 Å². The van der Waals surface area contributed by atoms with Crippen molar-refractivity contribution in [1.82, 2.24) is 9.88 Å². The maximum Gasteiger partial charge on any atom is 0.268 e. The Morgan fingerprint density at radius 1 is 1.47 bits per heavy atom. The van der Waals surface area contributed by atoms with Gasteiger partial charge < -0.3 is 15.0 Å². The van der Waals surface area contributed by atoms with Gasteiger partial charge >= 0.3 is 0 Å². The van der Waals surface area contributed by atoms with Gasteiger partial charge in [0.05, 0.1) is 12.1 Å². The van der Waals surface area contributed by atoms with Crippen LogP contribution in [0.4, 0.5) is 8.78 Å². The summed E-state index contributed by atoms with van der Waals surface area (Å²) in [5.74, 6) is -0.425. The Kier molecular flexibility index (Phi) is 4.19. The first kappa shape index (κ1) is 14.0. The average Bonchev–Trinajstić information content (AvgIpc) is 2.95. The van der Waals surface area contributed by atoms with Gasteiger partial charge in [-0.15, -0.1) is 0 Å². The summed E-state index contributed by atoms with van der Waals surface area (Å²) in [7, 11) is 0. The van der Waals surface area contributed by atoms with Crippen LogP contribution in [-0.2, 0) is 6.54 Å². The fourth-order valence-electron chi connectivity index (χ4n) is 2.47. The molecule has 1 saturated carbocycles. The van der Waals surface area contributed by atoms with Gasteiger partial charge in [-0.1, -0.05) is 12.8 Å². The molecule has 1 amide bonds. The van der Waals surface area contributed by atoms with Crippen molar-refractivity contribution >= 4 is 5.91 Å². The smallest absolute Gasteiger partial charge is 0.268 e. The Bertz CT molecular complexity index is 440. The third kappa shape index (κ3) is 3.53. The van der Waals surface area contributed by atoms with Crippen molar-refractivity contribution in [2.45, 2.75) is 44.3 Å². The van der Waals surface area contributed by atoms with Crippen LogP contribution in [0.1, 0.15) is 36.2 Å². The summed E-state index contributed by atoms with van der Waals surface area (Å²) in [6.45, 7) is -0.328. The normalized spacial score (nSPS) is 17.9. The number of carbonyl (C=O) groups excluding carboxylic acids is 1. The molecule has 4 nitrogen and oxygen atoms in total. The number of carbonyl (C=O) groups is 1. The summed E-state index contributed by atoms with van der Waals surface area (Å²) in [4.78, 5) is 11.9. The number of hydrogen-bond acceptors (Lipinski definition) is 2. The number of rotatable bonds is 5. The second-order valence-electron chi connectivity index (χ2n) is 5.05. The van der Waals surface area contributed by atoms with Crippen LogP contribution in [0.15, 0.2) is 18.3 Å². The van der Waals surface area contributed by atoms with Crippen LogP contribution in [-0.4, -0.2) is 34.2 Å². The van der Waals surface area contributed by atoms with Gasteiger partial charge in [0.2, 0.25) is 0 Å². The van der Waals surface area contributed by atoms with Crippen molar-refractivity contribution in [2.24, 2.45) is 0 Å². The number of aliphatic hydroxyl groups is 1. The van der Waals surface area contributed by atoms with E-state index in [1.165, 1.54) is 16.8 Å². The number of halogens is 2. The highest BCUT2D eigenvalue weighted by atomic mass is 19.3. The summed E-state index contributed by atoms with van der Waals surface area (Å²) in [5, 5.41) is 12.7. The lowest BCUT2D eigenvalue weighted by Gasteiger charge is -2.22. The third-order valence-electron chi connectivity index (χ3n) is 3.51. The molecule has 106 valence electrons. The standard InChI is InChI=1S/C13H18F2N2O2/c14-11(15)8-17-7-3-4-10(17)12(18)16-9-13(19)5-1-2-6-13/h3-4,7,11,19H,1-2,5-6,8-9H2,(H,16,18). The maximum atomic E-state index is 12.3. The van der Waals surface area contributed by atoms with Gasteiger partial charge in [-0.25, -0.2) is 8.78 Å². The molecule has 0 spiro atoms. The van der Waals surface area contributed by atoms with Gasteiger partial charge in [0.25, 0.3) is 12.3 Å². The first-order chi connectivity index (χ1) is 9.00. The SMILES string of the molecule is O=C(NCC1(O)CCCC1)c1cccn1CC(F)F. The Labute approximate surface area is 110 Å². The third-order valence-corrected chi connectivity index (χ3v) is 3.51. The topological polar surface area (TPSA) is 54.3 Å². The molecule has 0 radical (unpaired) electrons. The summed E-state index contributed by atoms with van der Waals surface area (Å²) in [6, 6.07) is 3.05. The van der Waals surface area contributed by atoms with Crippen LogP contribution in [0.2, 0.25) is 0 Å². The second-order valence-corrected chi connectivity index (χ2v) is 5.05. The average molecular weight is 272 g/mol. The van der Waals surface area contributed by atoms with Crippen LogP contribution >= 0.6 is 0 Å². The van der Waals surface area contributed by atoms with E-state index in [4.69, 9.17) is 0 Å². The first-order valence-electron chi connectivity index (χ1n) is 6.44. The van der Waals surface area contributed by atoms with E-state index in [9.17, 15) is 18.7 Å². The number of aromatic nitrogens is 1. The lowest BCUT2D eigenvalue weighted by atomic mass is 10.0. The molecule has 1 aromatic rings. The largest absolute Gasteiger partial charge is 0.388 e. The van der Waals surface area contributed by atoms with Gasteiger partial charge in [-0.05, 0) is 25.0 Å². The zero-order valence-electron chi connectivity index (χ0n) is 10.6. The molecule has 0 saturated heterocycles. The molecule has 0 aliphatic heterocycles. The zero-order valence-corrected chi connectivity index (χ0v) is 10.6. The molecule has 0 aromatic carbocycles. The van der Waals surface area contributed by atoms with Gasteiger partial charge in [0, 0.05) is 12.7 Å². The molecule has 1 fully saturated rings. The van der Waals surface area contributed by atoms with Gasteiger partial charge in [0.15, 0.2) is 0 Å². The summed E-state index contributed by atoms with van der Waals surface area (Å²) in [6.07, 6.45) is 2.20. The van der Waals surface area contributed by atoms with Crippen molar-refractivity contribution in [1.29, 1.82) is 0 Å². The summed E-state index contributed by atoms with van der Waals surface area (Å²) >= 11 is 0. The first-order valence-corrected chi connectivity index (χ1v) is 6.44. The minimum absolute atomic E-state index is 0.172. The number of alkyl halides is 2. The van der Waals surface area contributed by atoms with Crippen molar-refractivity contribution in [3.8, 4) is 0 Å². The zero-order chi connectivity index (χ0) is 13.9. The van der Waals surface area contributed by atoms with Crippen molar-refractivity contribution < 1.29 is 18.7 Å². The fraction of sp³-hybridized carbons (Fsp3) is 0.615. The van der Waals surface area contributed by atoms with Crippen molar-refractivity contribution in [3.63, 3.8) is 0 Å². The summed E-state index contributed by atoms with van der Waals surface area (Å²) < 4.78 is 25.9. The van der Waals surface area contributed by atoms with Crippen LogP contribution in [0, 0.1) is 0 Å². The Balaban J connectivity index is 1.94. The Morgan fingerprint density at radius 2 is 2.16 bits per heavy atom. The quantitative estimate of drug-likeness (QED) is 0.858. The monoisotopic (exact) mass is 272 g/mol. The molecular weight excluding hydrogens is 254 g/mol. The molecule has 1 aromatic heterocycles. The van der Waals surface area contributed by atoms with E-state index in [0.29, 0.717) is 12.8 Å². The van der Waals surface area contributed by atoms with E-state index < -0.39 is 24.5 Å². The van der Waals surface area contributed by atoms with Crippen LogP contribution < -0.4 is 5.32 Å². The molecule has 1 heterocycles. The molecule has 6 heteroatoms. The lowest BCUT2D eigenvalue weighted by Crippen LogP contribution is -2.41. The predicted molar refractivity (Wildman–Crippen MR) is 66.2 cm³/mol. The van der Waals surface area contributed by atoms with E-state index >= 15 is 0 Å². The Morgan fingerprint density at radius 3 is 2.79 bits per heavy atom. The molecule has 1 aliphatic carbocycles. The van der Waals surface area contributed by atoms with Gasteiger partial charge in [-0.3, -0.25) is 4.79 Å². The second kappa shape index (κ2) is 5.69. The minimum atomic E-state index is -2.50. The summed E-state index contributed by atoms with van der Waals surface area (Å²) in [5.41, 5.74) is -0.641. The molecule has 0 atom stereocenters. The number of nitrogens with one attached hydrogen (secondary N) is 1. The van der Waals surface area contributed by atoms with Gasteiger partial charge in [0.1, 0.15) is 5.69 Å². The van der Waals surface area contributed by atoms with E-state index in [2.05, 4.69) is 5.32 Å². The molecule has 2 N–H and O–H groups in total. The number of hydrogen-bond donors (Lipinski definition) is 2.